The largest absolute Gasteiger partial charge is 0.484 e. The van der Waals surface area contributed by atoms with E-state index in [4.69, 9.17) is 9.88 Å². The molecule has 0 saturated heterocycles. The first-order valence-electron chi connectivity index (χ1n) is 8.00. The number of fused-ring (bicyclic) bond motifs is 1. The monoisotopic (exact) mass is 448 g/mol. The molecule has 6 nitrogen and oxygen atoms in total. The van der Waals surface area contributed by atoms with Crippen molar-refractivity contribution in [2.75, 3.05) is 11.9 Å². The van der Waals surface area contributed by atoms with Crippen molar-refractivity contribution in [2.45, 2.75) is 5.75 Å². The molecule has 3 aromatic carbocycles. The lowest BCUT2D eigenvalue weighted by molar-refractivity contribution is -0.118. The van der Waals surface area contributed by atoms with Crippen LogP contribution in [0.4, 0.5) is 5.69 Å². The van der Waals surface area contributed by atoms with E-state index >= 15 is 0 Å². The number of anilines is 1. The Balaban J connectivity index is 1.57. The van der Waals surface area contributed by atoms with Gasteiger partial charge in [0.1, 0.15) is 5.75 Å². The van der Waals surface area contributed by atoms with Crippen molar-refractivity contribution in [3.63, 3.8) is 0 Å². The second-order valence-corrected chi connectivity index (χ2v) is 8.52. The van der Waals surface area contributed by atoms with Crippen molar-refractivity contribution >= 4 is 48.3 Å². The molecule has 0 radical (unpaired) electrons. The lowest BCUT2D eigenvalue weighted by Gasteiger charge is -2.09. The fraction of sp³-hybridized carbons (Fsp3) is 0.105. The molecule has 27 heavy (non-hydrogen) atoms. The first kappa shape index (κ1) is 19.3. The summed E-state index contributed by atoms with van der Waals surface area (Å²) in [6.07, 6.45) is 0. The van der Waals surface area contributed by atoms with E-state index in [1.807, 2.05) is 36.4 Å². The molecule has 0 aliphatic carbocycles. The van der Waals surface area contributed by atoms with Crippen LogP contribution in [0.1, 0.15) is 5.56 Å². The molecule has 3 rings (SSSR count). The topological polar surface area (TPSA) is 98.5 Å². The Bertz CT molecular complexity index is 1080. The Morgan fingerprint density at radius 1 is 1.00 bits per heavy atom. The minimum Gasteiger partial charge on any atom is -0.484 e. The summed E-state index contributed by atoms with van der Waals surface area (Å²) in [7, 11) is -3.58. The zero-order chi connectivity index (χ0) is 19.4. The van der Waals surface area contributed by atoms with Gasteiger partial charge in [-0.25, -0.2) is 13.6 Å². The fourth-order valence-electron chi connectivity index (χ4n) is 2.55. The maximum Gasteiger partial charge on any atom is 0.262 e. The maximum absolute atomic E-state index is 12.0. The van der Waals surface area contributed by atoms with Crippen LogP contribution in [0.15, 0.2) is 65.1 Å². The standard InChI is InChI=1S/C19H17BrN2O4S/c20-16-5-3-15-10-18(8-4-14(15)9-16)26-11-19(23)22-17-6-1-13(2-7-17)12-27(21,24)25/h1-10H,11-12H2,(H,22,23)(H2,21,24,25). The minimum atomic E-state index is -3.58. The molecule has 0 spiro atoms. The molecule has 1 amide bonds. The highest BCUT2D eigenvalue weighted by molar-refractivity contribution is 9.10. The van der Waals surface area contributed by atoms with Crippen LogP contribution in [-0.4, -0.2) is 20.9 Å². The lowest BCUT2D eigenvalue weighted by atomic mass is 10.1. The number of halogens is 1. The molecule has 0 aliphatic rings. The molecule has 140 valence electrons. The summed E-state index contributed by atoms with van der Waals surface area (Å²) >= 11 is 3.43. The van der Waals surface area contributed by atoms with Gasteiger partial charge in [0.05, 0.1) is 5.75 Å². The van der Waals surface area contributed by atoms with Crippen molar-refractivity contribution < 1.29 is 17.9 Å². The molecule has 3 aromatic rings. The maximum atomic E-state index is 12.0. The highest BCUT2D eigenvalue weighted by Crippen LogP contribution is 2.24. The Morgan fingerprint density at radius 2 is 1.67 bits per heavy atom. The Hall–Kier alpha value is -2.42. The number of rotatable bonds is 6. The Kier molecular flexibility index (Phi) is 5.79. The van der Waals surface area contributed by atoms with Crippen molar-refractivity contribution in [3.05, 3.63) is 70.7 Å². The molecule has 0 heterocycles. The summed E-state index contributed by atoms with van der Waals surface area (Å²) < 4.78 is 28.7. The average molecular weight is 449 g/mol. The third kappa shape index (κ3) is 5.78. The molecular weight excluding hydrogens is 432 g/mol. The van der Waals surface area contributed by atoms with Gasteiger partial charge in [-0.2, -0.15) is 0 Å². The molecule has 0 aromatic heterocycles. The van der Waals surface area contributed by atoms with Crippen LogP contribution in [0.2, 0.25) is 0 Å². The predicted molar refractivity (Wildman–Crippen MR) is 109 cm³/mol. The van der Waals surface area contributed by atoms with E-state index in [0.717, 1.165) is 15.2 Å². The van der Waals surface area contributed by atoms with Gasteiger partial charge in [0.2, 0.25) is 10.0 Å². The summed E-state index contributed by atoms with van der Waals surface area (Å²) in [6, 6.07) is 18.0. The predicted octanol–water partition coefficient (Wildman–Crippen LogP) is 3.41. The Labute approximate surface area is 165 Å². The van der Waals surface area contributed by atoms with Gasteiger partial charge in [0, 0.05) is 10.2 Å². The van der Waals surface area contributed by atoms with Gasteiger partial charge in [-0.1, -0.05) is 40.2 Å². The van der Waals surface area contributed by atoms with Crippen LogP contribution in [0, 0.1) is 0 Å². The molecule has 0 unspecified atom stereocenters. The van der Waals surface area contributed by atoms with E-state index in [2.05, 4.69) is 21.2 Å². The minimum absolute atomic E-state index is 0.138. The van der Waals surface area contributed by atoms with Crippen LogP contribution >= 0.6 is 15.9 Å². The number of benzene rings is 3. The normalized spacial score (nSPS) is 11.3. The van der Waals surface area contributed by atoms with Crippen molar-refractivity contribution in [1.82, 2.24) is 0 Å². The quantitative estimate of drug-likeness (QED) is 0.603. The molecule has 0 bridgehead atoms. The molecule has 0 atom stereocenters. The number of nitrogens with two attached hydrogens (primary N) is 1. The zero-order valence-electron chi connectivity index (χ0n) is 14.2. The summed E-state index contributed by atoms with van der Waals surface area (Å²) in [6.45, 7) is -0.138. The van der Waals surface area contributed by atoms with Crippen LogP contribution in [0.3, 0.4) is 0 Å². The van der Waals surface area contributed by atoms with E-state index < -0.39 is 10.0 Å². The number of carbonyl (C=O) groups is 1. The average Bonchev–Trinajstić information content (AvgIpc) is 2.60. The van der Waals surface area contributed by atoms with Crippen molar-refractivity contribution in [3.8, 4) is 5.75 Å². The Morgan fingerprint density at radius 3 is 2.37 bits per heavy atom. The number of hydrogen-bond acceptors (Lipinski definition) is 4. The summed E-state index contributed by atoms with van der Waals surface area (Å²) in [4.78, 5) is 12.0. The third-order valence-electron chi connectivity index (χ3n) is 3.75. The highest BCUT2D eigenvalue weighted by Gasteiger charge is 2.07. The van der Waals surface area contributed by atoms with E-state index in [9.17, 15) is 13.2 Å². The zero-order valence-corrected chi connectivity index (χ0v) is 16.6. The van der Waals surface area contributed by atoms with E-state index in [-0.39, 0.29) is 18.3 Å². The molecular formula is C19H17BrN2O4S. The van der Waals surface area contributed by atoms with Gasteiger partial charge in [-0.3, -0.25) is 4.79 Å². The second kappa shape index (κ2) is 8.08. The number of sulfonamides is 1. The number of nitrogens with one attached hydrogen (secondary N) is 1. The SMILES string of the molecule is NS(=O)(=O)Cc1ccc(NC(=O)COc2ccc3cc(Br)ccc3c2)cc1. The molecule has 3 N–H and O–H groups in total. The van der Waals surface area contributed by atoms with Crippen LogP contribution in [0.5, 0.6) is 5.75 Å². The van der Waals surface area contributed by atoms with Crippen LogP contribution in [-0.2, 0) is 20.6 Å². The van der Waals surface area contributed by atoms with Gasteiger partial charge >= 0.3 is 0 Å². The third-order valence-corrected chi connectivity index (χ3v) is 4.98. The van der Waals surface area contributed by atoms with E-state index in [1.54, 1.807) is 24.3 Å². The van der Waals surface area contributed by atoms with Gasteiger partial charge < -0.3 is 10.1 Å². The number of amides is 1. The summed E-state index contributed by atoms with van der Waals surface area (Å²) in [5, 5.41) is 9.79. The first-order chi connectivity index (χ1) is 12.8. The number of hydrogen-bond donors (Lipinski definition) is 2. The van der Waals surface area contributed by atoms with Crippen LogP contribution < -0.4 is 15.2 Å². The van der Waals surface area contributed by atoms with E-state index in [0.29, 0.717) is 17.0 Å². The summed E-state index contributed by atoms with van der Waals surface area (Å²) in [5.74, 6) is 0.0386. The molecule has 0 fully saturated rings. The van der Waals surface area contributed by atoms with Gasteiger partial charge in [0.15, 0.2) is 6.61 Å². The van der Waals surface area contributed by atoms with Crippen molar-refractivity contribution in [2.24, 2.45) is 5.14 Å². The van der Waals surface area contributed by atoms with Crippen LogP contribution in [0.25, 0.3) is 10.8 Å². The van der Waals surface area contributed by atoms with Gasteiger partial charge in [-0.05, 0) is 52.7 Å². The van der Waals surface area contributed by atoms with Gasteiger partial charge in [0.25, 0.3) is 5.91 Å². The lowest BCUT2D eigenvalue weighted by Crippen LogP contribution is -2.20. The molecule has 0 saturated carbocycles. The number of primary sulfonamides is 1. The van der Waals surface area contributed by atoms with E-state index in [1.165, 1.54) is 0 Å². The highest BCUT2D eigenvalue weighted by atomic mass is 79.9. The van der Waals surface area contributed by atoms with Gasteiger partial charge in [-0.15, -0.1) is 0 Å². The molecule has 0 aliphatic heterocycles. The second-order valence-electron chi connectivity index (χ2n) is 5.99. The first-order valence-corrected chi connectivity index (χ1v) is 10.5. The van der Waals surface area contributed by atoms with Crippen molar-refractivity contribution in [1.29, 1.82) is 0 Å². The number of ether oxygens (including phenoxy) is 1. The summed E-state index contributed by atoms with van der Waals surface area (Å²) in [5.41, 5.74) is 1.10. The fourth-order valence-corrected chi connectivity index (χ4v) is 3.58. The smallest absolute Gasteiger partial charge is 0.262 e. The number of carbonyl (C=O) groups excluding carboxylic acids is 1. The molecule has 8 heteroatoms.